The maximum atomic E-state index is 13.0. The molecule has 5 rings (SSSR count). The Bertz CT molecular complexity index is 1360. The summed E-state index contributed by atoms with van der Waals surface area (Å²) in [5.41, 5.74) is 1.56. The van der Waals surface area contributed by atoms with Crippen molar-refractivity contribution >= 4 is 62.2 Å². The van der Waals surface area contributed by atoms with Crippen molar-refractivity contribution in [3.05, 3.63) is 93.2 Å². The molecule has 1 aliphatic heterocycles. The lowest BCUT2D eigenvalue weighted by Gasteiger charge is -2.19. The lowest BCUT2D eigenvalue weighted by Crippen LogP contribution is -2.31. The van der Waals surface area contributed by atoms with E-state index in [0.29, 0.717) is 27.9 Å². The topological polar surface area (TPSA) is 72.1 Å². The van der Waals surface area contributed by atoms with Crippen molar-refractivity contribution in [1.29, 1.82) is 0 Å². The van der Waals surface area contributed by atoms with Crippen LogP contribution in [0.25, 0.3) is 10.1 Å². The number of carbonyl (C=O) groups excluding carboxylic acids is 2. The minimum atomic E-state index is -0.648. The van der Waals surface area contributed by atoms with Gasteiger partial charge >= 0.3 is 5.97 Å². The van der Waals surface area contributed by atoms with Crippen LogP contribution in [0.4, 0.5) is 0 Å². The van der Waals surface area contributed by atoms with Crippen LogP contribution < -0.4 is 0 Å². The normalized spacial score (nSPS) is 15.6. The molecule has 3 heterocycles. The van der Waals surface area contributed by atoms with Gasteiger partial charge in [0.15, 0.2) is 6.61 Å². The zero-order valence-corrected chi connectivity index (χ0v) is 19.4. The number of carbonyl (C=O) groups is 2. The molecule has 9 heteroatoms. The highest BCUT2D eigenvalue weighted by Crippen LogP contribution is 2.36. The standard InChI is InChI=1S/C24H16Cl2N2O4S/c25-15-9-7-14(8-10-15)17-12-18(19-5-3-11-31-19)28(27-17)21(29)13-32-24(30)23-22(26)16-4-1-2-6-20(16)33-23/h1-11,18H,12-13H2. The third-order valence-corrected chi connectivity index (χ3v) is 7.17. The van der Waals surface area contributed by atoms with E-state index in [0.717, 1.165) is 15.6 Å². The van der Waals surface area contributed by atoms with Gasteiger partial charge in [0.2, 0.25) is 0 Å². The molecular weight excluding hydrogens is 483 g/mol. The molecule has 166 valence electrons. The predicted molar refractivity (Wildman–Crippen MR) is 128 cm³/mol. The highest BCUT2D eigenvalue weighted by Gasteiger charge is 2.35. The van der Waals surface area contributed by atoms with Gasteiger partial charge in [-0.05, 0) is 35.9 Å². The second kappa shape index (κ2) is 9.02. The SMILES string of the molecule is O=C(OCC(=O)N1N=C(c2ccc(Cl)cc2)CC1c1ccco1)c1sc2ccccc2c1Cl. The van der Waals surface area contributed by atoms with E-state index >= 15 is 0 Å². The molecule has 0 fully saturated rings. The molecule has 0 spiro atoms. The third kappa shape index (κ3) is 4.27. The lowest BCUT2D eigenvalue weighted by molar-refractivity contribution is -0.136. The quantitative estimate of drug-likeness (QED) is 0.301. The van der Waals surface area contributed by atoms with Crippen LogP contribution >= 0.6 is 34.5 Å². The number of halogens is 2. The minimum absolute atomic E-state index is 0.264. The molecule has 4 aromatic rings. The van der Waals surface area contributed by atoms with Crippen molar-refractivity contribution in [2.24, 2.45) is 5.10 Å². The maximum Gasteiger partial charge on any atom is 0.350 e. The highest BCUT2D eigenvalue weighted by molar-refractivity contribution is 7.21. The molecule has 1 atom stereocenters. The molecule has 0 N–H and O–H groups in total. The first kappa shape index (κ1) is 21.7. The molecular formula is C24H16Cl2N2O4S. The van der Waals surface area contributed by atoms with Crippen LogP contribution in [-0.4, -0.2) is 29.2 Å². The number of nitrogens with zero attached hydrogens (tertiary/aromatic N) is 2. The Kier molecular flexibility index (Phi) is 5.93. The van der Waals surface area contributed by atoms with Gasteiger partial charge in [0.05, 0.1) is 17.0 Å². The second-order valence-corrected chi connectivity index (χ2v) is 9.21. The molecule has 2 aromatic heterocycles. The van der Waals surface area contributed by atoms with Crippen molar-refractivity contribution in [3.8, 4) is 0 Å². The number of furan rings is 1. The monoisotopic (exact) mass is 498 g/mol. The van der Waals surface area contributed by atoms with Gasteiger partial charge in [-0.25, -0.2) is 9.80 Å². The lowest BCUT2D eigenvalue weighted by atomic mass is 10.0. The maximum absolute atomic E-state index is 13.0. The molecule has 2 aromatic carbocycles. The summed E-state index contributed by atoms with van der Waals surface area (Å²) in [4.78, 5) is 25.9. The van der Waals surface area contributed by atoms with Gasteiger partial charge < -0.3 is 9.15 Å². The summed E-state index contributed by atoms with van der Waals surface area (Å²) >= 11 is 13.6. The summed E-state index contributed by atoms with van der Waals surface area (Å²) in [6.07, 6.45) is 2.00. The largest absolute Gasteiger partial charge is 0.467 e. The smallest absolute Gasteiger partial charge is 0.350 e. The third-order valence-electron chi connectivity index (χ3n) is 5.26. The van der Waals surface area contributed by atoms with E-state index < -0.39 is 24.5 Å². The zero-order valence-electron chi connectivity index (χ0n) is 17.0. The Hall–Kier alpha value is -3.13. The van der Waals surface area contributed by atoms with Gasteiger partial charge in [0.1, 0.15) is 16.7 Å². The average molecular weight is 499 g/mol. The van der Waals surface area contributed by atoms with Crippen molar-refractivity contribution in [3.63, 3.8) is 0 Å². The number of hydrazone groups is 1. The minimum Gasteiger partial charge on any atom is -0.467 e. The molecule has 0 radical (unpaired) electrons. The van der Waals surface area contributed by atoms with Crippen LogP contribution in [0.5, 0.6) is 0 Å². The van der Waals surface area contributed by atoms with Crippen molar-refractivity contribution in [2.75, 3.05) is 6.61 Å². The fourth-order valence-electron chi connectivity index (χ4n) is 3.66. The van der Waals surface area contributed by atoms with Gasteiger partial charge in [-0.3, -0.25) is 4.79 Å². The number of thiophene rings is 1. The van der Waals surface area contributed by atoms with E-state index in [1.165, 1.54) is 16.3 Å². The highest BCUT2D eigenvalue weighted by atomic mass is 35.5. The Morgan fingerprint density at radius 2 is 1.88 bits per heavy atom. The van der Waals surface area contributed by atoms with Crippen molar-refractivity contribution in [2.45, 2.75) is 12.5 Å². The van der Waals surface area contributed by atoms with E-state index in [-0.39, 0.29) is 4.88 Å². The first-order chi connectivity index (χ1) is 16.0. The first-order valence-corrected chi connectivity index (χ1v) is 11.6. The van der Waals surface area contributed by atoms with Crippen LogP contribution in [0, 0.1) is 0 Å². The Labute approximate surface area is 203 Å². The first-order valence-electron chi connectivity index (χ1n) is 10.0. The number of esters is 1. The number of benzene rings is 2. The molecule has 1 amide bonds. The fourth-order valence-corrected chi connectivity index (χ4v) is 5.19. The predicted octanol–water partition coefficient (Wildman–Crippen LogP) is 6.34. The van der Waals surface area contributed by atoms with Crippen LogP contribution in [0.2, 0.25) is 10.0 Å². The van der Waals surface area contributed by atoms with Gasteiger partial charge in [-0.15, -0.1) is 11.3 Å². The van der Waals surface area contributed by atoms with Gasteiger partial charge in [-0.2, -0.15) is 5.10 Å². The van der Waals surface area contributed by atoms with Crippen molar-refractivity contribution < 1.29 is 18.7 Å². The van der Waals surface area contributed by atoms with E-state index in [2.05, 4.69) is 5.10 Å². The molecule has 33 heavy (non-hydrogen) atoms. The number of amides is 1. The molecule has 0 bridgehead atoms. The molecule has 0 aliphatic carbocycles. The van der Waals surface area contributed by atoms with E-state index in [9.17, 15) is 9.59 Å². The summed E-state index contributed by atoms with van der Waals surface area (Å²) < 4.78 is 11.7. The molecule has 6 nitrogen and oxygen atoms in total. The molecule has 1 aliphatic rings. The van der Waals surface area contributed by atoms with E-state index in [1.807, 2.05) is 36.4 Å². The Morgan fingerprint density at radius 1 is 1.09 bits per heavy atom. The van der Waals surface area contributed by atoms with Crippen molar-refractivity contribution in [1.82, 2.24) is 5.01 Å². The fraction of sp³-hybridized carbons (Fsp3) is 0.125. The van der Waals surface area contributed by atoms with Gasteiger partial charge in [0, 0.05) is 21.5 Å². The molecule has 0 saturated carbocycles. The van der Waals surface area contributed by atoms with E-state index in [4.69, 9.17) is 32.4 Å². The molecule has 0 saturated heterocycles. The van der Waals surface area contributed by atoms with Crippen LogP contribution in [0.1, 0.15) is 33.5 Å². The molecule has 1 unspecified atom stereocenters. The summed E-state index contributed by atoms with van der Waals surface area (Å²) in [6, 6.07) is 17.7. The average Bonchev–Trinajstić information content (AvgIpc) is 3.57. The number of rotatable bonds is 5. The van der Waals surface area contributed by atoms with Crippen LogP contribution in [-0.2, 0) is 9.53 Å². The van der Waals surface area contributed by atoms with Gasteiger partial charge in [0.25, 0.3) is 5.91 Å². The summed E-state index contributed by atoms with van der Waals surface area (Å²) in [5.74, 6) is -0.522. The number of hydrogen-bond acceptors (Lipinski definition) is 6. The number of fused-ring (bicyclic) bond motifs is 1. The Morgan fingerprint density at radius 3 is 2.61 bits per heavy atom. The second-order valence-electron chi connectivity index (χ2n) is 7.34. The Balaban J connectivity index is 1.35. The summed E-state index contributed by atoms with van der Waals surface area (Å²) in [7, 11) is 0. The number of hydrogen-bond donors (Lipinski definition) is 0. The van der Waals surface area contributed by atoms with E-state index in [1.54, 1.807) is 30.5 Å². The van der Waals surface area contributed by atoms with Crippen LogP contribution in [0.15, 0.2) is 76.4 Å². The van der Waals surface area contributed by atoms with Gasteiger partial charge in [-0.1, -0.05) is 53.5 Å². The summed E-state index contributed by atoms with van der Waals surface area (Å²) in [6.45, 7) is -0.474. The number of ether oxygens (including phenoxy) is 1. The zero-order chi connectivity index (χ0) is 22.9. The van der Waals surface area contributed by atoms with Crippen LogP contribution in [0.3, 0.4) is 0 Å². The summed E-state index contributed by atoms with van der Waals surface area (Å²) in [5, 5.41) is 7.53.